The molecule has 156 valence electrons. The first-order chi connectivity index (χ1) is 15.7. The molecular weight excluding hydrogens is 402 g/mol. The van der Waals surface area contributed by atoms with Gasteiger partial charge < -0.3 is 4.57 Å². The Bertz CT molecular complexity index is 1400. The lowest BCUT2D eigenvalue weighted by Gasteiger charge is -2.06. The lowest BCUT2D eigenvalue weighted by atomic mass is 10.1. The van der Waals surface area contributed by atoms with Crippen LogP contribution in [-0.2, 0) is 7.05 Å². The van der Waals surface area contributed by atoms with E-state index in [9.17, 15) is 4.79 Å². The molecule has 32 heavy (non-hydrogen) atoms. The number of nitrogens with zero attached hydrogens (tertiary/aromatic N) is 6. The Morgan fingerprint density at radius 3 is 2.47 bits per heavy atom. The Kier molecular flexibility index (Phi) is 5.01. The summed E-state index contributed by atoms with van der Waals surface area (Å²) in [6.07, 6.45) is 3.20. The lowest BCUT2D eigenvalue weighted by Crippen LogP contribution is -2.17. The molecule has 2 heterocycles. The number of nitrogens with one attached hydrogen (secondary N) is 1. The number of hydrogen-bond acceptors (Lipinski definition) is 5. The topological polar surface area (TPSA) is 90.0 Å². The average Bonchev–Trinajstić information content (AvgIpc) is 3.47. The van der Waals surface area contributed by atoms with Gasteiger partial charge in [-0.25, -0.2) is 10.1 Å². The van der Waals surface area contributed by atoms with Gasteiger partial charge in [0.1, 0.15) is 6.33 Å². The van der Waals surface area contributed by atoms with Gasteiger partial charge in [-0.05, 0) is 46.3 Å². The number of fused-ring (bicyclic) bond motifs is 1. The molecule has 0 saturated carbocycles. The maximum atomic E-state index is 12.6. The zero-order valence-corrected chi connectivity index (χ0v) is 17.3. The predicted octanol–water partition coefficient (Wildman–Crippen LogP) is 3.58. The number of tetrazole rings is 1. The van der Waals surface area contributed by atoms with E-state index in [1.54, 1.807) is 30.5 Å². The van der Waals surface area contributed by atoms with Gasteiger partial charge in [-0.1, -0.05) is 48.5 Å². The number of carbonyl (C=O) groups excluding carboxylic acids is 1. The second-order valence-corrected chi connectivity index (χ2v) is 7.20. The van der Waals surface area contributed by atoms with E-state index >= 15 is 0 Å². The summed E-state index contributed by atoms with van der Waals surface area (Å²) in [5.74, 6) is -0.300. The standard InChI is InChI=1S/C24H19N7O/c1-30-22-10-6-5-9-20(22)21(23(30)17-7-3-2-4-8-17)15-25-27-24(32)18-11-13-19(14-12-18)31-16-26-28-29-31/h2-16H,1H3,(H,27,32)/b25-15+. The normalized spacial score (nSPS) is 11.3. The molecule has 0 aliphatic heterocycles. The number of rotatable bonds is 5. The van der Waals surface area contributed by atoms with Crippen LogP contribution in [0.25, 0.3) is 27.8 Å². The minimum absolute atomic E-state index is 0.300. The monoisotopic (exact) mass is 421 g/mol. The number of aromatic nitrogens is 5. The summed E-state index contributed by atoms with van der Waals surface area (Å²) in [5.41, 5.74) is 8.04. The molecule has 8 nitrogen and oxygen atoms in total. The van der Waals surface area contributed by atoms with Gasteiger partial charge in [-0.2, -0.15) is 5.10 Å². The van der Waals surface area contributed by atoms with Crippen molar-refractivity contribution >= 4 is 23.0 Å². The SMILES string of the molecule is Cn1c(-c2ccccc2)c(/C=N/NC(=O)c2ccc(-n3cnnn3)cc2)c2ccccc21. The highest BCUT2D eigenvalue weighted by molar-refractivity contribution is 6.07. The highest BCUT2D eigenvalue weighted by atomic mass is 16.2. The van der Waals surface area contributed by atoms with Gasteiger partial charge in [-0.15, -0.1) is 5.10 Å². The Balaban J connectivity index is 1.42. The summed E-state index contributed by atoms with van der Waals surface area (Å²) in [4.78, 5) is 12.6. The molecule has 3 aromatic carbocycles. The molecule has 1 N–H and O–H groups in total. The summed E-state index contributed by atoms with van der Waals surface area (Å²) in [6, 6.07) is 25.2. The van der Waals surface area contributed by atoms with Gasteiger partial charge in [-0.3, -0.25) is 4.79 Å². The fourth-order valence-electron chi connectivity index (χ4n) is 3.76. The van der Waals surface area contributed by atoms with Crippen LogP contribution in [0.2, 0.25) is 0 Å². The second-order valence-electron chi connectivity index (χ2n) is 7.20. The third-order valence-corrected chi connectivity index (χ3v) is 5.30. The van der Waals surface area contributed by atoms with Gasteiger partial charge in [0.2, 0.25) is 0 Å². The van der Waals surface area contributed by atoms with Crippen LogP contribution in [-0.4, -0.2) is 36.9 Å². The van der Waals surface area contributed by atoms with Crippen LogP contribution in [0.15, 0.2) is 90.3 Å². The minimum atomic E-state index is -0.300. The predicted molar refractivity (Wildman–Crippen MR) is 123 cm³/mol. The molecule has 0 aliphatic carbocycles. The van der Waals surface area contributed by atoms with Crippen molar-refractivity contribution in [2.75, 3.05) is 0 Å². The van der Waals surface area contributed by atoms with Crippen LogP contribution in [0.3, 0.4) is 0 Å². The molecule has 1 amide bonds. The van der Waals surface area contributed by atoms with E-state index in [0.717, 1.165) is 33.4 Å². The van der Waals surface area contributed by atoms with E-state index in [2.05, 4.69) is 54.9 Å². The lowest BCUT2D eigenvalue weighted by molar-refractivity contribution is 0.0955. The zero-order chi connectivity index (χ0) is 21.9. The molecule has 0 unspecified atom stereocenters. The third-order valence-electron chi connectivity index (χ3n) is 5.30. The maximum Gasteiger partial charge on any atom is 0.271 e. The number of hydrogen-bond donors (Lipinski definition) is 1. The van der Waals surface area contributed by atoms with Gasteiger partial charge in [0, 0.05) is 29.1 Å². The average molecular weight is 421 g/mol. The van der Waals surface area contributed by atoms with Crippen LogP contribution in [0.1, 0.15) is 15.9 Å². The summed E-state index contributed by atoms with van der Waals surface area (Å²) in [5, 5.41) is 16.4. The van der Waals surface area contributed by atoms with Crippen molar-refractivity contribution in [1.29, 1.82) is 0 Å². The molecule has 8 heteroatoms. The van der Waals surface area contributed by atoms with Crippen molar-refractivity contribution in [3.63, 3.8) is 0 Å². The van der Waals surface area contributed by atoms with Crippen molar-refractivity contribution in [1.82, 2.24) is 30.2 Å². The molecule has 0 aliphatic rings. The number of aryl methyl sites for hydroxylation is 1. The highest BCUT2D eigenvalue weighted by Gasteiger charge is 2.15. The molecule has 5 aromatic rings. The van der Waals surface area contributed by atoms with Crippen LogP contribution < -0.4 is 5.43 Å². The maximum absolute atomic E-state index is 12.6. The van der Waals surface area contributed by atoms with E-state index in [1.807, 2.05) is 37.4 Å². The number of benzene rings is 3. The zero-order valence-electron chi connectivity index (χ0n) is 17.3. The first-order valence-corrected chi connectivity index (χ1v) is 10.0. The number of hydrazone groups is 1. The molecule has 0 atom stereocenters. The molecule has 0 saturated heterocycles. The quantitative estimate of drug-likeness (QED) is 0.347. The van der Waals surface area contributed by atoms with E-state index < -0.39 is 0 Å². The largest absolute Gasteiger partial charge is 0.343 e. The van der Waals surface area contributed by atoms with Crippen LogP contribution >= 0.6 is 0 Å². The molecule has 0 bridgehead atoms. The fourth-order valence-corrected chi connectivity index (χ4v) is 3.76. The van der Waals surface area contributed by atoms with E-state index in [-0.39, 0.29) is 5.91 Å². The third kappa shape index (κ3) is 3.54. The van der Waals surface area contributed by atoms with E-state index in [1.165, 1.54) is 11.0 Å². The highest BCUT2D eigenvalue weighted by Crippen LogP contribution is 2.31. The summed E-state index contributed by atoms with van der Waals surface area (Å²) < 4.78 is 3.66. The second kappa shape index (κ2) is 8.27. The minimum Gasteiger partial charge on any atom is -0.343 e. The van der Waals surface area contributed by atoms with Gasteiger partial charge in [0.15, 0.2) is 0 Å². The van der Waals surface area contributed by atoms with Crippen molar-refractivity contribution in [3.8, 4) is 16.9 Å². The van der Waals surface area contributed by atoms with E-state index in [0.29, 0.717) is 5.56 Å². The Hall–Kier alpha value is -4.59. The van der Waals surface area contributed by atoms with Crippen molar-refractivity contribution in [2.24, 2.45) is 12.1 Å². The van der Waals surface area contributed by atoms with Crippen LogP contribution in [0.4, 0.5) is 0 Å². The number of amides is 1. The molecule has 2 aromatic heterocycles. The van der Waals surface area contributed by atoms with E-state index in [4.69, 9.17) is 0 Å². The summed E-state index contributed by atoms with van der Waals surface area (Å²) in [7, 11) is 2.03. The molecule has 0 spiro atoms. The molecule has 5 rings (SSSR count). The smallest absolute Gasteiger partial charge is 0.271 e. The number of para-hydroxylation sites is 1. The van der Waals surface area contributed by atoms with Crippen molar-refractivity contribution in [3.05, 3.63) is 96.3 Å². The van der Waals surface area contributed by atoms with Crippen molar-refractivity contribution < 1.29 is 4.79 Å². The molecule has 0 fully saturated rings. The van der Waals surface area contributed by atoms with Gasteiger partial charge in [0.25, 0.3) is 5.91 Å². The first-order valence-electron chi connectivity index (χ1n) is 10.0. The first kappa shape index (κ1) is 19.4. The Labute approximate surface area is 183 Å². The van der Waals surface area contributed by atoms with Gasteiger partial charge >= 0.3 is 0 Å². The Morgan fingerprint density at radius 2 is 1.72 bits per heavy atom. The molecule has 0 radical (unpaired) electrons. The van der Waals surface area contributed by atoms with Gasteiger partial charge in [0.05, 0.1) is 17.6 Å². The van der Waals surface area contributed by atoms with Crippen LogP contribution in [0, 0.1) is 0 Å². The van der Waals surface area contributed by atoms with Crippen LogP contribution in [0.5, 0.6) is 0 Å². The summed E-state index contributed by atoms with van der Waals surface area (Å²) >= 11 is 0. The fraction of sp³-hybridized carbons (Fsp3) is 0.0417. The molecular formula is C24H19N7O. The van der Waals surface area contributed by atoms with Crippen molar-refractivity contribution in [2.45, 2.75) is 0 Å². The number of carbonyl (C=O) groups is 1. The Morgan fingerprint density at radius 1 is 0.969 bits per heavy atom. The summed E-state index contributed by atoms with van der Waals surface area (Å²) in [6.45, 7) is 0.